The minimum absolute atomic E-state index is 0.0857. The summed E-state index contributed by atoms with van der Waals surface area (Å²) in [4.78, 5) is 22.8. The molecule has 0 bridgehead atoms. The molecule has 0 spiro atoms. The molecule has 0 saturated carbocycles. The van der Waals surface area contributed by atoms with Crippen LogP contribution < -0.4 is 21.7 Å². The van der Waals surface area contributed by atoms with E-state index in [9.17, 15) is 9.59 Å². The van der Waals surface area contributed by atoms with E-state index in [-0.39, 0.29) is 17.9 Å². The molecule has 2 rings (SSSR count). The van der Waals surface area contributed by atoms with E-state index >= 15 is 0 Å². The number of benzene rings is 1. The Morgan fingerprint density at radius 2 is 2.30 bits per heavy atom. The van der Waals surface area contributed by atoms with Crippen LogP contribution in [0.3, 0.4) is 0 Å². The van der Waals surface area contributed by atoms with Gasteiger partial charge in [0.1, 0.15) is 0 Å². The Morgan fingerprint density at radius 1 is 1.50 bits per heavy atom. The SMILES string of the molecule is CCNC(=O)c1ccc(NC2CCC(=O)NC2)c(N)c1. The molecule has 1 aliphatic heterocycles. The Labute approximate surface area is 118 Å². The molecule has 2 amide bonds. The van der Waals surface area contributed by atoms with E-state index in [2.05, 4.69) is 16.0 Å². The fraction of sp³-hybridized carbons (Fsp3) is 0.429. The van der Waals surface area contributed by atoms with E-state index in [4.69, 9.17) is 5.73 Å². The van der Waals surface area contributed by atoms with Crippen LogP contribution in [0.1, 0.15) is 30.1 Å². The zero-order valence-electron chi connectivity index (χ0n) is 11.5. The van der Waals surface area contributed by atoms with Crippen LogP contribution in [-0.2, 0) is 4.79 Å². The van der Waals surface area contributed by atoms with E-state index in [1.165, 1.54) is 0 Å². The summed E-state index contributed by atoms with van der Waals surface area (Å²) < 4.78 is 0. The Hall–Kier alpha value is -2.24. The third-order valence-corrected chi connectivity index (χ3v) is 3.28. The number of hydrogen-bond acceptors (Lipinski definition) is 4. The maximum Gasteiger partial charge on any atom is 0.251 e. The van der Waals surface area contributed by atoms with Crippen LogP contribution in [-0.4, -0.2) is 30.9 Å². The highest BCUT2D eigenvalue weighted by atomic mass is 16.2. The molecule has 5 N–H and O–H groups in total. The van der Waals surface area contributed by atoms with Crippen molar-refractivity contribution in [3.8, 4) is 0 Å². The van der Waals surface area contributed by atoms with Gasteiger partial charge in [0.2, 0.25) is 5.91 Å². The van der Waals surface area contributed by atoms with Gasteiger partial charge < -0.3 is 21.7 Å². The van der Waals surface area contributed by atoms with Crippen molar-refractivity contribution in [3.63, 3.8) is 0 Å². The molecule has 6 heteroatoms. The summed E-state index contributed by atoms with van der Waals surface area (Å²) in [5.41, 5.74) is 7.84. The van der Waals surface area contributed by atoms with Gasteiger partial charge in [-0.05, 0) is 31.5 Å². The summed E-state index contributed by atoms with van der Waals surface area (Å²) in [5, 5.41) is 8.84. The Bertz CT molecular complexity index is 506. The average molecular weight is 276 g/mol. The fourth-order valence-corrected chi connectivity index (χ4v) is 2.17. The van der Waals surface area contributed by atoms with Crippen LogP contribution in [0.2, 0.25) is 0 Å². The van der Waals surface area contributed by atoms with Gasteiger partial charge >= 0.3 is 0 Å². The smallest absolute Gasteiger partial charge is 0.251 e. The number of nitrogens with two attached hydrogens (primary N) is 1. The second-order valence-electron chi connectivity index (χ2n) is 4.85. The zero-order valence-corrected chi connectivity index (χ0v) is 11.5. The van der Waals surface area contributed by atoms with Gasteiger partial charge in [-0.3, -0.25) is 9.59 Å². The molecule has 20 heavy (non-hydrogen) atoms. The van der Waals surface area contributed by atoms with Crippen molar-refractivity contribution in [3.05, 3.63) is 23.8 Å². The fourth-order valence-electron chi connectivity index (χ4n) is 2.17. The van der Waals surface area contributed by atoms with Gasteiger partial charge in [0.15, 0.2) is 0 Å². The number of hydrogen-bond donors (Lipinski definition) is 4. The lowest BCUT2D eigenvalue weighted by atomic mass is 10.1. The number of carbonyl (C=O) groups is 2. The monoisotopic (exact) mass is 276 g/mol. The predicted molar refractivity (Wildman–Crippen MR) is 78.5 cm³/mol. The van der Waals surface area contributed by atoms with E-state index in [1.807, 2.05) is 6.92 Å². The Balaban J connectivity index is 2.02. The molecule has 6 nitrogen and oxygen atoms in total. The first-order chi connectivity index (χ1) is 9.60. The number of carbonyl (C=O) groups excluding carboxylic acids is 2. The van der Waals surface area contributed by atoms with Gasteiger partial charge in [-0.15, -0.1) is 0 Å². The molecular weight excluding hydrogens is 256 g/mol. The molecule has 0 radical (unpaired) electrons. The molecule has 1 fully saturated rings. The standard InChI is InChI=1S/C14H20N4O2/c1-2-16-14(20)9-3-5-12(11(15)7-9)18-10-4-6-13(19)17-8-10/h3,5,7,10,18H,2,4,6,8,15H2,1H3,(H,16,20)(H,17,19). The highest BCUT2D eigenvalue weighted by Gasteiger charge is 2.18. The zero-order chi connectivity index (χ0) is 14.5. The topological polar surface area (TPSA) is 96.2 Å². The van der Waals surface area contributed by atoms with E-state index in [0.717, 1.165) is 12.1 Å². The van der Waals surface area contributed by atoms with Crippen LogP contribution >= 0.6 is 0 Å². The first-order valence-electron chi connectivity index (χ1n) is 6.81. The van der Waals surface area contributed by atoms with E-state index in [0.29, 0.717) is 30.8 Å². The molecule has 1 saturated heterocycles. The van der Waals surface area contributed by atoms with Crippen LogP contribution in [0.4, 0.5) is 11.4 Å². The summed E-state index contributed by atoms with van der Waals surface area (Å²) in [6.45, 7) is 3.05. The van der Waals surface area contributed by atoms with Gasteiger partial charge in [-0.1, -0.05) is 0 Å². The van der Waals surface area contributed by atoms with Crippen molar-refractivity contribution in [1.82, 2.24) is 10.6 Å². The molecule has 0 aliphatic carbocycles. The van der Waals surface area contributed by atoms with Crippen molar-refractivity contribution in [1.29, 1.82) is 0 Å². The van der Waals surface area contributed by atoms with Crippen LogP contribution in [0.5, 0.6) is 0 Å². The Kier molecular flexibility index (Phi) is 4.45. The van der Waals surface area contributed by atoms with Gasteiger partial charge in [0.25, 0.3) is 5.91 Å². The maximum atomic E-state index is 11.7. The summed E-state index contributed by atoms with van der Waals surface area (Å²) in [7, 11) is 0. The van der Waals surface area contributed by atoms with Crippen molar-refractivity contribution >= 4 is 23.2 Å². The lowest BCUT2D eigenvalue weighted by molar-refractivity contribution is -0.122. The van der Waals surface area contributed by atoms with Gasteiger partial charge in [0.05, 0.1) is 11.4 Å². The number of anilines is 2. The Morgan fingerprint density at radius 3 is 2.90 bits per heavy atom. The molecule has 1 aromatic carbocycles. The van der Waals surface area contributed by atoms with Crippen molar-refractivity contribution in [2.24, 2.45) is 0 Å². The van der Waals surface area contributed by atoms with Crippen molar-refractivity contribution in [2.75, 3.05) is 24.1 Å². The molecule has 1 atom stereocenters. The summed E-state index contributed by atoms with van der Waals surface area (Å²) >= 11 is 0. The molecule has 1 aromatic rings. The van der Waals surface area contributed by atoms with Gasteiger partial charge in [-0.25, -0.2) is 0 Å². The first-order valence-corrected chi connectivity index (χ1v) is 6.81. The summed E-state index contributed by atoms with van der Waals surface area (Å²) in [6, 6.07) is 5.38. The van der Waals surface area contributed by atoms with Crippen LogP contribution in [0, 0.1) is 0 Å². The number of amides is 2. The first kappa shape index (κ1) is 14.2. The molecule has 1 heterocycles. The second kappa shape index (κ2) is 6.27. The normalized spacial score (nSPS) is 18.2. The van der Waals surface area contributed by atoms with Crippen LogP contribution in [0.15, 0.2) is 18.2 Å². The van der Waals surface area contributed by atoms with Crippen molar-refractivity contribution < 1.29 is 9.59 Å². The van der Waals surface area contributed by atoms with Gasteiger partial charge in [0, 0.05) is 31.1 Å². The highest BCUT2D eigenvalue weighted by molar-refractivity contribution is 5.96. The number of nitrogen functional groups attached to an aromatic ring is 1. The maximum absolute atomic E-state index is 11.7. The largest absolute Gasteiger partial charge is 0.397 e. The third-order valence-electron chi connectivity index (χ3n) is 3.28. The summed E-state index contributed by atoms with van der Waals surface area (Å²) in [6.07, 6.45) is 1.30. The predicted octanol–water partition coefficient (Wildman–Crippen LogP) is 0.709. The minimum atomic E-state index is -0.129. The number of rotatable bonds is 4. The van der Waals surface area contributed by atoms with Gasteiger partial charge in [-0.2, -0.15) is 0 Å². The van der Waals surface area contributed by atoms with E-state index < -0.39 is 0 Å². The number of piperidine rings is 1. The average Bonchev–Trinajstić information content (AvgIpc) is 2.43. The minimum Gasteiger partial charge on any atom is -0.397 e. The molecule has 1 aliphatic rings. The lowest BCUT2D eigenvalue weighted by Crippen LogP contribution is -2.42. The van der Waals surface area contributed by atoms with E-state index in [1.54, 1.807) is 18.2 Å². The lowest BCUT2D eigenvalue weighted by Gasteiger charge is -2.25. The quantitative estimate of drug-likeness (QED) is 0.609. The molecule has 1 unspecified atom stereocenters. The molecule has 0 aromatic heterocycles. The van der Waals surface area contributed by atoms with Crippen LogP contribution in [0.25, 0.3) is 0 Å². The molecular formula is C14H20N4O2. The second-order valence-corrected chi connectivity index (χ2v) is 4.85. The number of nitrogens with one attached hydrogen (secondary N) is 3. The van der Waals surface area contributed by atoms with Crippen molar-refractivity contribution in [2.45, 2.75) is 25.8 Å². The third kappa shape index (κ3) is 3.40. The summed E-state index contributed by atoms with van der Waals surface area (Å²) in [5.74, 6) is -0.0433. The molecule has 108 valence electrons. The highest BCUT2D eigenvalue weighted by Crippen LogP contribution is 2.22.